The number of hydrogen-bond acceptors (Lipinski definition) is 13. The Balaban J connectivity index is 1.82. The van der Waals surface area contributed by atoms with E-state index in [-0.39, 0.29) is 35.9 Å². The molecule has 0 radical (unpaired) electrons. The number of nitrogens with one attached hydrogen (secondary N) is 1. The van der Waals surface area contributed by atoms with Crippen LogP contribution in [0.2, 0.25) is 0 Å². The quantitative estimate of drug-likeness (QED) is 0.0298. The van der Waals surface area contributed by atoms with Gasteiger partial charge in [-0.1, -0.05) is 12.1 Å². The molecule has 1 aliphatic carbocycles. The number of nitrogens with two attached hydrogens (primary N) is 3. The van der Waals surface area contributed by atoms with Gasteiger partial charge in [-0.2, -0.15) is 8.42 Å². The minimum absolute atomic E-state index is 0.0352. The topological polar surface area (TPSA) is 283 Å². The molecule has 1 saturated carbocycles. The third kappa shape index (κ3) is 6.92. The van der Waals surface area contributed by atoms with E-state index in [1.807, 2.05) is 6.92 Å². The van der Waals surface area contributed by atoms with Crippen LogP contribution < -0.4 is 22.5 Å². The van der Waals surface area contributed by atoms with Crippen molar-refractivity contribution in [3.05, 3.63) is 11.1 Å². The number of rotatable bonds is 14. The fraction of sp³-hybridized carbons (Fsp3) is 0.600. The number of nitrogens with zero attached hydrogens (tertiary/aromatic N) is 4. The maximum absolute atomic E-state index is 13.2. The zero-order valence-corrected chi connectivity index (χ0v) is 22.8. The Morgan fingerprint density at radius 2 is 2.05 bits per heavy atom. The molecule has 0 aromatic rings. The Labute approximate surface area is 232 Å². The van der Waals surface area contributed by atoms with Gasteiger partial charge in [0.25, 0.3) is 11.8 Å². The lowest BCUT2D eigenvalue weighted by Gasteiger charge is -2.45. The van der Waals surface area contributed by atoms with E-state index < -0.39 is 75.6 Å². The molecule has 18 nitrogen and oxygen atoms in total. The van der Waals surface area contributed by atoms with Crippen LogP contribution in [0.25, 0.3) is 0 Å². The predicted octanol–water partition coefficient (Wildman–Crippen LogP) is -2.49. The van der Waals surface area contributed by atoms with Crippen molar-refractivity contribution in [3.63, 3.8) is 0 Å². The minimum Gasteiger partial charge on any atom is -0.478 e. The number of thioether (sulfide) groups is 1. The number of carbonyl (C=O) groups excluding carboxylic acids is 3. The first-order valence-corrected chi connectivity index (χ1v) is 14.2. The average Bonchev–Trinajstić information content (AvgIpc) is 3.60. The zero-order chi connectivity index (χ0) is 29.8. The first kappa shape index (κ1) is 30.9. The molecule has 0 bridgehead atoms. The summed E-state index contributed by atoms with van der Waals surface area (Å²) in [5.41, 5.74) is 14.5. The van der Waals surface area contributed by atoms with Crippen LogP contribution in [-0.4, -0.2) is 112 Å². The normalized spacial score (nSPS) is 25.4. The molecule has 0 aromatic heterocycles. The highest BCUT2D eigenvalue weighted by Crippen LogP contribution is 2.40. The predicted molar refractivity (Wildman–Crippen MR) is 140 cm³/mol. The van der Waals surface area contributed by atoms with Gasteiger partial charge in [0.1, 0.15) is 12.1 Å². The molecule has 3 aliphatic rings. The largest absolute Gasteiger partial charge is 0.478 e. The molecule has 40 heavy (non-hydrogen) atoms. The summed E-state index contributed by atoms with van der Waals surface area (Å²) >= 11 is 1.05. The molecule has 9 N–H and O–H groups in total. The minimum atomic E-state index is -5.07. The Morgan fingerprint density at radius 3 is 2.60 bits per heavy atom. The van der Waals surface area contributed by atoms with E-state index in [0.717, 1.165) is 23.0 Å². The number of oxime groups is 1. The summed E-state index contributed by atoms with van der Waals surface area (Å²) in [6.07, 6.45) is 0.296. The third-order valence-corrected chi connectivity index (χ3v) is 8.16. The molecule has 0 aromatic carbocycles. The maximum atomic E-state index is 13.2. The van der Waals surface area contributed by atoms with Gasteiger partial charge in [-0.25, -0.2) is 13.9 Å². The number of ether oxygens (including phenoxy) is 1. The van der Waals surface area contributed by atoms with Crippen LogP contribution in [-0.2, 0) is 34.3 Å². The molecule has 1 unspecified atom stereocenters. The summed E-state index contributed by atoms with van der Waals surface area (Å²) in [6.45, 7) is 1.36. The fourth-order valence-corrected chi connectivity index (χ4v) is 5.20. The van der Waals surface area contributed by atoms with Gasteiger partial charge in [0.15, 0.2) is 5.71 Å². The fourth-order valence-electron chi connectivity index (χ4n) is 3.70. The number of β-lactam (4-membered cyclic amide) rings is 1. The molecule has 2 aliphatic heterocycles. The highest BCUT2D eigenvalue weighted by atomic mass is 32.2. The van der Waals surface area contributed by atoms with Crippen LogP contribution >= 0.6 is 11.8 Å². The van der Waals surface area contributed by atoms with Gasteiger partial charge in [-0.3, -0.25) is 19.1 Å². The first-order valence-electron chi connectivity index (χ1n) is 11.9. The van der Waals surface area contributed by atoms with E-state index in [0.29, 0.717) is 6.42 Å². The lowest BCUT2D eigenvalue weighted by atomic mass is 9.97. The molecule has 2 saturated heterocycles. The number of carbonyl (C=O) groups is 4. The van der Waals surface area contributed by atoms with Crippen LogP contribution in [0.5, 0.6) is 0 Å². The molecule has 3 rings (SSSR count). The third-order valence-electron chi connectivity index (χ3n) is 6.14. The van der Waals surface area contributed by atoms with Crippen molar-refractivity contribution in [3.8, 4) is 0 Å². The van der Waals surface area contributed by atoms with Crippen molar-refractivity contribution in [1.29, 1.82) is 0 Å². The molecule has 0 spiro atoms. The van der Waals surface area contributed by atoms with E-state index in [9.17, 15) is 37.3 Å². The van der Waals surface area contributed by atoms with Crippen molar-refractivity contribution in [2.75, 3.05) is 19.6 Å². The molecular formula is C20H30N8O10S2. The number of carboxylic acid groups (broad SMARTS) is 1. The summed E-state index contributed by atoms with van der Waals surface area (Å²) in [5.74, 6) is -3.61. The summed E-state index contributed by atoms with van der Waals surface area (Å²) in [7, 11) is -5.07. The molecule has 20 heteroatoms. The molecular weight excluding hydrogens is 576 g/mol. The summed E-state index contributed by atoms with van der Waals surface area (Å²) in [4.78, 5) is 59.6. The van der Waals surface area contributed by atoms with Gasteiger partial charge >= 0.3 is 22.4 Å². The lowest BCUT2D eigenvalue weighted by Crippen LogP contribution is -2.74. The Bertz CT molecular complexity index is 1240. The van der Waals surface area contributed by atoms with Gasteiger partial charge in [0, 0.05) is 19.4 Å². The highest BCUT2D eigenvalue weighted by Gasteiger charge is 2.56. The van der Waals surface area contributed by atoms with Gasteiger partial charge < -0.3 is 42.1 Å². The van der Waals surface area contributed by atoms with Gasteiger partial charge in [0.05, 0.1) is 36.5 Å². The number of aliphatic carboxylic acids is 1. The Kier molecular flexibility index (Phi) is 9.48. The van der Waals surface area contributed by atoms with E-state index in [4.69, 9.17) is 26.8 Å². The molecule has 2 heterocycles. The average molecular weight is 607 g/mol. The number of amides is 3. The van der Waals surface area contributed by atoms with E-state index in [2.05, 4.69) is 15.5 Å². The van der Waals surface area contributed by atoms with E-state index in [1.54, 1.807) is 0 Å². The Hall–Kier alpha value is -3.62. The smallest absolute Gasteiger partial charge is 0.410 e. The van der Waals surface area contributed by atoms with Crippen molar-refractivity contribution in [2.24, 2.45) is 27.3 Å². The maximum Gasteiger partial charge on any atom is 0.410 e. The van der Waals surface area contributed by atoms with Gasteiger partial charge in [-0.05, 0) is 11.8 Å². The van der Waals surface area contributed by atoms with Crippen LogP contribution in [0.15, 0.2) is 21.3 Å². The van der Waals surface area contributed by atoms with Crippen LogP contribution in [0.3, 0.4) is 0 Å². The van der Waals surface area contributed by atoms with Crippen molar-refractivity contribution in [2.45, 2.75) is 55.3 Å². The standard InChI is InChI=1S/C20H30N8O10S2/c1-2-13(23)39-8-11(22)14(26-38-20(3-4-20)18(31)32)16(29)25-15-12(28(17(15)30)40(34,35)36)7-27-6-10(5-24-9-21)37-19(27)33/h8-10,12-13,15H,2-7,22-23H2,1H3,(H2,21,24)(H,25,29)(H,31,32)(H,34,35,36)/b11-8-,26-14-/t10-,12-,13?,15+/m1/s1. The monoisotopic (exact) mass is 606 g/mol. The van der Waals surface area contributed by atoms with Crippen molar-refractivity contribution >= 4 is 58.0 Å². The second-order valence-corrected chi connectivity index (χ2v) is 11.4. The first-order chi connectivity index (χ1) is 18.7. The van der Waals surface area contributed by atoms with Crippen molar-refractivity contribution < 1.29 is 46.8 Å². The number of cyclic esters (lactones) is 1. The second kappa shape index (κ2) is 12.3. The van der Waals surface area contributed by atoms with Crippen LogP contribution in [0.1, 0.15) is 26.2 Å². The molecule has 3 fully saturated rings. The Morgan fingerprint density at radius 1 is 1.38 bits per heavy atom. The van der Waals surface area contributed by atoms with E-state index in [1.165, 1.54) is 5.41 Å². The van der Waals surface area contributed by atoms with Gasteiger partial charge in [0.2, 0.25) is 5.60 Å². The van der Waals surface area contributed by atoms with Crippen LogP contribution in [0, 0.1) is 0 Å². The second-order valence-electron chi connectivity index (χ2n) is 9.04. The van der Waals surface area contributed by atoms with Crippen LogP contribution in [0.4, 0.5) is 4.79 Å². The molecule has 4 atom stereocenters. The SMILES string of the molecule is CCC(N)S/C=C(N)/C(=N/OC1(C(=O)O)CC1)C(=O)N[C@@H]1C(=O)N(S(=O)(=O)O)[C@@H]1CN1C[C@@H](CN=CN)OC1=O. The van der Waals surface area contributed by atoms with E-state index >= 15 is 0 Å². The van der Waals surface area contributed by atoms with Crippen molar-refractivity contribution in [1.82, 2.24) is 14.5 Å². The number of aliphatic imine (C=N–C) groups is 1. The summed E-state index contributed by atoms with van der Waals surface area (Å²) in [6, 6.07) is -2.99. The number of carboxylic acids is 1. The summed E-state index contributed by atoms with van der Waals surface area (Å²) in [5, 5.41) is 16.2. The molecule has 222 valence electrons. The highest BCUT2D eigenvalue weighted by molar-refractivity contribution is 8.02. The summed E-state index contributed by atoms with van der Waals surface area (Å²) < 4.78 is 38.5. The van der Waals surface area contributed by atoms with Gasteiger partial charge in [-0.15, -0.1) is 11.8 Å². The zero-order valence-electron chi connectivity index (χ0n) is 21.2. The number of hydrogen-bond donors (Lipinski definition) is 6. The lowest BCUT2D eigenvalue weighted by molar-refractivity contribution is -0.153. The molecule has 3 amide bonds.